The van der Waals surface area contributed by atoms with Crippen LogP contribution >= 0.6 is 0 Å². The van der Waals surface area contributed by atoms with E-state index in [0.717, 1.165) is 0 Å². The van der Waals surface area contributed by atoms with E-state index < -0.39 is 135 Å². The Balaban J connectivity index is 1.55. The predicted molar refractivity (Wildman–Crippen MR) is 141 cm³/mol. The third-order valence-electron chi connectivity index (χ3n) is 8.56. The quantitative estimate of drug-likeness (QED) is 0.109. The molecule has 21 nitrogen and oxygen atoms in total. The van der Waals surface area contributed by atoms with E-state index in [1.165, 1.54) is 0 Å². The third kappa shape index (κ3) is 7.26. The van der Waals surface area contributed by atoms with Gasteiger partial charge < -0.3 is 102 Å². The van der Waals surface area contributed by atoms with Crippen molar-refractivity contribution in [2.45, 2.75) is 129 Å². The highest BCUT2D eigenvalue weighted by atomic mass is 16.8. The van der Waals surface area contributed by atoms with Crippen LogP contribution in [0.1, 0.15) is 6.42 Å². The van der Waals surface area contributed by atoms with E-state index >= 15 is 0 Å². The summed E-state index contributed by atoms with van der Waals surface area (Å²) in [5, 5.41) is 102. The zero-order chi connectivity index (χ0) is 33.5. The van der Waals surface area contributed by atoms with Gasteiger partial charge in [-0.15, -0.1) is 0 Å². The van der Waals surface area contributed by atoms with Gasteiger partial charge in [0.1, 0.15) is 79.4 Å². The molecule has 45 heavy (non-hydrogen) atoms. The van der Waals surface area contributed by atoms with Crippen LogP contribution in [0.2, 0.25) is 0 Å². The van der Waals surface area contributed by atoms with Crippen LogP contribution in [0.3, 0.4) is 0 Å². The summed E-state index contributed by atoms with van der Waals surface area (Å²) in [6.07, 6.45) is -28.7. The summed E-state index contributed by atoms with van der Waals surface area (Å²) in [6, 6.07) is -3.48. The molecule has 21 heteroatoms. The lowest BCUT2D eigenvalue weighted by Gasteiger charge is -2.49. The summed E-state index contributed by atoms with van der Waals surface area (Å²) in [7, 11) is 0. The topological polar surface area (TPSA) is 379 Å². The summed E-state index contributed by atoms with van der Waals surface area (Å²) in [6.45, 7) is -1.01. The minimum Gasteiger partial charge on any atom is -0.479 e. The Morgan fingerprint density at radius 2 is 1.11 bits per heavy atom. The summed E-state index contributed by atoms with van der Waals surface area (Å²) < 4.78 is 33.6. The van der Waals surface area contributed by atoms with Crippen LogP contribution in [0.4, 0.5) is 0 Å². The molecule has 4 fully saturated rings. The molecule has 20 atom stereocenters. The van der Waals surface area contributed by atoms with Gasteiger partial charge in [0.25, 0.3) is 0 Å². The lowest BCUT2D eigenvalue weighted by Crippen LogP contribution is -2.70. The minimum atomic E-state index is -2.04. The summed E-state index contributed by atoms with van der Waals surface area (Å²) in [4.78, 5) is 11.5. The first-order valence-electron chi connectivity index (χ1n) is 14.3. The summed E-state index contributed by atoms with van der Waals surface area (Å²) >= 11 is 0. The van der Waals surface area contributed by atoms with Gasteiger partial charge in [-0.1, -0.05) is 0 Å². The number of aliphatic carboxylic acids is 1. The second-order valence-corrected chi connectivity index (χ2v) is 11.6. The standard InChI is InChI=1S/C24H44N4O17/c25-2-6-10(31)11(32)14(35)22(40-6)42-17-4(26)1-5(27)18(16(17)37)43-24-19(8(28)9(30)7(3-29)41-24)44-23-15(36)12(33)13(34)20(45-23)21(38)39/h4-20,22-24,29-37H,1-3,25-28H2,(H,38,39)/t4-,5+,6+,7+,8-,9+,10+,11-,12?,13?,14+,15?,16-,17+,18-,19+,20?,22+,23?,24+/m0/s1. The van der Waals surface area contributed by atoms with Crippen LogP contribution in [0.5, 0.6) is 0 Å². The number of aliphatic hydroxyl groups excluding tert-OH is 9. The van der Waals surface area contributed by atoms with Crippen molar-refractivity contribution in [1.29, 1.82) is 0 Å². The Kier molecular flexibility index (Phi) is 12.1. The molecule has 1 aliphatic carbocycles. The smallest absolute Gasteiger partial charge is 0.335 e. The molecule has 0 amide bonds. The number of ether oxygens (including phenoxy) is 6. The zero-order valence-corrected chi connectivity index (χ0v) is 23.8. The molecule has 3 heterocycles. The molecule has 5 unspecified atom stereocenters. The van der Waals surface area contributed by atoms with Crippen molar-refractivity contribution in [1.82, 2.24) is 0 Å². The van der Waals surface area contributed by atoms with Crippen LogP contribution in [-0.4, -0.2) is 193 Å². The van der Waals surface area contributed by atoms with Gasteiger partial charge in [0.15, 0.2) is 25.0 Å². The number of nitrogens with two attached hydrogens (primary N) is 4. The Morgan fingerprint density at radius 3 is 1.64 bits per heavy atom. The maximum atomic E-state index is 11.5. The highest BCUT2D eigenvalue weighted by Gasteiger charge is 2.54. The van der Waals surface area contributed by atoms with Gasteiger partial charge in [0.05, 0.1) is 12.6 Å². The lowest BCUT2D eigenvalue weighted by molar-refractivity contribution is -0.362. The van der Waals surface area contributed by atoms with Crippen LogP contribution < -0.4 is 22.9 Å². The SMILES string of the molecule is NC[C@H]1O[C@H](O[C@H]2[C@H](O)[C@@H](O[C@H]3O[C@H](CO)[C@@H](O)[C@H](N)[C@H]3OC3OC(C(=O)O)C(O)C(O)C3O)[C@H](N)C[C@@H]2N)[C@H](O)[C@@H](O)[C@@H]1O. The Labute approximate surface area is 255 Å². The van der Waals surface area contributed by atoms with Gasteiger partial charge in [-0.3, -0.25) is 0 Å². The molecule has 3 aliphatic heterocycles. The van der Waals surface area contributed by atoms with Gasteiger partial charge in [0, 0.05) is 18.6 Å². The molecule has 4 aliphatic rings. The minimum absolute atomic E-state index is 0.0636. The van der Waals surface area contributed by atoms with E-state index in [9.17, 15) is 55.9 Å². The van der Waals surface area contributed by atoms with Crippen molar-refractivity contribution in [3.05, 3.63) is 0 Å². The monoisotopic (exact) mass is 660 g/mol. The number of aliphatic hydroxyl groups is 9. The molecule has 3 saturated heterocycles. The van der Waals surface area contributed by atoms with Crippen molar-refractivity contribution < 1.29 is 84.3 Å². The summed E-state index contributed by atoms with van der Waals surface area (Å²) in [5.74, 6) is -1.69. The second-order valence-electron chi connectivity index (χ2n) is 11.6. The van der Waals surface area contributed by atoms with E-state index in [-0.39, 0.29) is 13.0 Å². The molecule has 0 radical (unpaired) electrons. The van der Waals surface area contributed by atoms with E-state index in [2.05, 4.69) is 0 Å². The molecule has 18 N–H and O–H groups in total. The van der Waals surface area contributed by atoms with Gasteiger partial charge in [-0.05, 0) is 6.42 Å². The average Bonchev–Trinajstić information content (AvgIpc) is 3.00. The van der Waals surface area contributed by atoms with Gasteiger partial charge in [0.2, 0.25) is 0 Å². The molecule has 0 aromatic heterocycles. The second kappa shape index (κ2) is 14.9. The Bertz CT molecular complexity index is 988. The molecular formula is C24H44N4O17. The number of carboxylic acid groups (broad SMARTS) is 1. The highest BCUT2D eigenvalue weighted by molar-refractivity contribution is 5.73. The van der Waals surface area contributed by atoms with E-state index in [1.807, 2.05) is 0 Å². The van der Waals surface area contributed by atoms with Crippen molar-refractivity contribution in [3.63, 3.8) is 0 Å². The third-order valence-corrected chi connectivity index (χ3v) is 8.56. The number of hydrogen-bond acceptors (Lipinski definition) is 20. The van der Waals surface area contributed by atoms with E-state index in [0.29, 0.717) is 0 Å². The normalized spacial score (nSPS) is 52.8. The van der Waals surface area contributed by atoms with Crippen LogP contribution in [0.25, 0.3) is 0 Å². The fourth-order valence-electron chi connectivity index (χ4n) is 5.86. The molecule has 262 valence electrons. The first-order valence-corrected chi connectivity index (χ1v) is 14.3. The Morgan fingerprint density at radius 1 is 0.622 bits per heavy atom. The molecule has 4 rings (SSSR count). The van der Waals surface area contributed by atoms with Crippen LogP contribution in [0, 0.1) is 0 Å². The number of carbonyl (C=O) groups is 1. The van der Waals surface area contributed by atoms with E-state index in [4.69, 9.17) is 51.4 Å². The molecule has 0 aromatic carbocycles. The maximum Gasteiger partial charge on any atom is 0.335 e. The van der Waals surface area contributed by atoms with Crippen LogP contribution in [0.15, 0.2) is 0 Å². The van der Waals surface area contributed by atoms with Gasteiger partial charge in [-0.2, -0.15) is 0 Å². The molecule has 0 spiro atoms. The van der Waals surface area contributed by atoms with Gasteiger partial charge >= 0.3 is 5.97 Å². The molecule has 0 aromatic rings. The molecule has 1 saturated carbocycles. The van der Waals surface area contributed by atoms with Crippen molar-refractivity contribution in [2.24, 2.45) is 22.9 Å². The van der Waals surface area contributed by atoms with Crippen LogP contribution in [-0.2, 0) is 33.2 Å². The predicted octanol–water partition coefficient (Wildman–Crippen LogP) is -9.37. The number of rotatable bonds is 9. The molecular weight excluding hydrogens is 616 g/mol. The van der Waals surface area contributed by atoms with Gasteiger partial charge in [-0.25, -0.2) is 4.79 Å². The Hall–Kier alpha value is -1.29. The first-order chi connectivity index (χ1) is 21.1. The average molecular weight is 661 g/mol. The van der Waals surface area contributed by atoms with Crippen molar-refractivity contribution in [3.8, 4) is 0 Å². The van der Waals surface area contributed by atoms with Crippen molar-refractivity contribution >= 4 is 5.97 Å². The lowest BCUT2D eigenvalue weighted by atomic mass is 9.84. The number of carboxylic acids is 1. The fraction of sp³-hybridized carbons (Fsp3) is 0.958. The maximum absolute atomic E-state index is 11.5. The first kappa shape index (κ1) is 36.5. The fourth-order valence-corrected chi connectivity index (χ4v) is 5.86. The van der Waals surface area contributed by atoms with E-state index in [1.54, 1.807) is 0 Å². The highest BCUT2D eigenvalue weighted by Crippen LogP contribution is 2.33. The largest absolute Gasteiger partial charge is 0.479 e. The summed E-state index contributed by atoms with van der Waals surface area (Å²) in [5.41, 5.74) is 24.2. The van der Waals surface area contributed by atoms with Crippen molar-refractivity contribution in [2.75, 3.05) is 13.2 Å². The molecule has 0 bridgehead atoms. The number of hydrogen-bond donors (Lipinski definition) is 14. The zero-order valence-electron chi connectivity index (χ0n) is 23.8.